The van der Waals surface area contributed by atoms with E-state index in [1.54, 1.807) is 6.07 Å². The molecule has 3 aromatic rings. The van der Waals surface area contributed by atoms with Gasteiger partial charge in [0.2, 0.25) is 0 Å². The molecule has 0 aliphatic heterocycles. The highest BCUT2D eigenvalue weighted by molar-refractivity contribution is 5.91. The number of aromatic nitrogens is 2. The van der Waals surface area contributed by atoms with Crippen molar-refractivity contribution in [1.29, 1.82) is 0 Å². The zero-order chi connectivity index (χ0) is 15.0. The normalized spacial score (nSPS) is 10.7. The molecule has 0 aliphatic rings. The molecule has 0 atom stereocenters. The van der Waals surface area contributed by atoms with E-state index >= 15 is 0 Å². The first-order chi connectivity index (χ1) is 10.1. The van der Waals surface area contributed by atoms with Crippen LogP contribution in [0, 0.1) is 6.92 Å². The largest absolute Gasteiger partial charge is 0.477 e. The molecule has 104 valence electrons. The van der Waals surface area contributed by atoms with Gasteiger partial charge >= 0.3 is 5.97 Å². The molecule has 0 bridgehead atoms. The van der Waals surface area contributed by atoms with E-state index in [9.17, 15) is 14.7 Å². The fourth-order valence-electron chi connectivity index (χ4n) is 2.37. The summed E-state index contributed by atoms with van der Waals surface area (Å²) in [4.78, 5) is 27.7. The first-order valence-electron chi connectivity index (χ1n) is 6.39. The number of carboxylic acid groups (broad SMARTS) is 1. The third-order valence-corrected chi connectivity index (χ3v) is 3.40. The quantitative estimate of drug-likeness (QED) is 0.782. The Morgan fingerprint density at radius 2 is 1.86 bits per heavy atom. The smallest absolute Gasteiger partial charge is 0.343 e. The third kappa shape index (κ3) is 2.08. The number of hydrogen-bond acceptors (Lipinski definition) is 3. The summed E-state index contributed by atoms with van der Waals surface area (Å²) in [6.07, 6.45) is 1.37. The van der Waals surface area contributed by atoms with Gasteiger partial charge < -0.3 is 5.11 Å². The van der Waals surface area contributed by atoms with Crippen molar-refractivity contribution in [3.8, 4) is 5.69 Å². The number of rotatable bonds is 2. The maximum Gasteiger partial charge on any atom is 0.343 e. The Morgan fingerprint density at radius 1 is 1.14 bits per heavy atom. The molecule has 3 rings (SSSR count). The number of carbonyl (C=O) groups is 1. The van der Waals surface area contributed by atoms with Crippen molar-refractivity contribution in [3.63, 3.8) is 0 Å². The molecule has 0 aliphatic carbocycles. The summed E-state index contributed by atoms with van der Waals surface area (Å²) in [6.45, 7) is 1.51. The Balaban J connectivity index is 2.37. The number of nitrogens with zero attached hydrogens (tertiary/aromatic N) is 2. The molecule has 0 saturated carbocycles. The van der Waals surface area contributed by atoms with Gasteiger partial charge in [-0.15, -0.1) is 0 Å². The van der Waals surface area contributed by atoms with E-state index in [1.165, 1.54) is 17.8 Å². The second kappa shape index (κ2) is 4.86. The Hall–Kier alpha value is -2.95. The second-order valence-electron chi connectivity index (χ2n) is 4.68. The molecule has 0 spiro atoms. The predicted molar refractivity (Wildman–Crippen MR) is 79.0 cm³/mol. The average molecular weight is 280 g/mol. The van der Waals surface area contributed by atoms with Crippen LogP contribution in [0.3, 0.4) is 0 Å². The molecule has 0 radical (unpaired) electrons. The van der Waals surface area contributed by atoms with Crippen molar-refractivity contribution in [1.82, 2.24) is 9.55 Å². The van der Waals surface area contributed by atoms with Gasteiger partial charge in [0.15, 0.2) is 0 Å². The molecule has 0 amide bonds. The Bertz CT molecular complexity index is 908. The second-order valence-corrected chi connectivity index (χ2v) is 4.68. The van der Waals surface area contributed by atoms with E-state index in [1.807, 2.05) is 36.4 Å². The van der Waals surface area contributed by atoms with Crippen LogP contribution in [0.4, 0.5) is 0 Å². The lowest BCUT2D eigenvalue weighted by atomic mass is 10.1. The molecule has 1 aromatic heterocycles. The molecule has 1 N–H and O–H groups in total. The van der Waals surface area contributed by atoms with Gasteiger partial charge in [0.25, 0.3) is 5.56 Å². The van der Waals surface area contributed by atoms with Gasteiger partial charge in [0.1, 0.15) is 11.9 Å². The van der Waals surface area contributed by atoms with E-state index < -0.39 is 11.5 Å². The summed E-state index contributed by atoms with van der Waals surface area (Å²) >= 11 is 0. The van der Waals surface area contributed by atoms with Gasteiger partial charge in [0.05, 0.1) is 11.4 Å². The van der Waals surface area contributed by atoms with E-state index in [0.29, 0.717) is 5.69 Å². The minimum Gasteiger partial charge on any atom is -0.477 e. The molecule has 21 heavy (non-hydrogen) atoms. The zero-order valence-electron chi connectivity index (χ0n) is 11.3. The molecule has 1 heterocycles. The molecule has 0 unspecified atom stereocenters. The maximum atomic E-state index is 12.4. The molecular formula is C16H12N2O3. The van der Waals surface area contributed by atoms with Gasteiger partial charge in [-0.3, -0.25) is 9.36 Å². The number of aryl methyl sites for hydroxylation is 1. The van der Waals surface area contributed by atoms with Crippen LogP contribution in [-0.4, -0.2) is 20.6 Å². The summed E-state index contributed by atoms with van der Waals surface area (Å²) in [5, 5.41) is 11.0. The highest BCUT2D eigenvalue weighted by Crippen LogP contribution is 2.21. The SMILES string of the molecule is Cc1ncn(-c2cccc3ccccc23)c(=O)c1C(=O)O. The standard InChI is InChI=1S/C16H12N2O3/c1-10-14(16(20)21)15(19)18(9-17-10)13-8-4-6-11-5-2-3-7-12(11)13/h2-9H,1H3,(H,20,21). The number of aromatic carboxylic acids is 1. The van der Waals surface area contributed by atoms with Crippen LogP contribution in [0.15, 0.2) is 53.6 Å². The lowest BCUT2D eigenvalue weighted by Gasteiger charge is -2.10. The summed E-state index contributed by atoms with van der Waals surface area (Å²) in [6, 6.07) is 13.1. The summed E-state index contributed by atoms with van der Waals surface area (Å²) < 4.78 is 1.28. The molecule has 5 heteroatoms. The Kier molecular flexibility index (Phi) is 3.02. The summed E-state index contributed by atoms with van der Waals surface area (Å²) in [5.41, 5.74) is -0.0473. The van der Waals surface area contributed by atoms with Crippen LogP contribution in [0.2, 0.25) is 0 Å². The third-order valence-electron chi connectivity index (χ3n) is 3.40. The monoisotopic (exact) mass is 280 g/mol. The number of hydrogen-bond donors (Lipinski definition) is 1. The van der Waals surface area contributed by atoms with Gasteiger partial charge in [-0.05, 0) is 18.4 Å². The van der Waals surface area contributed by atoms with Gasteiger partial charge in [-0.25, -0.2) is 9.78 Å². The van der Waals surface area contributed by atoms with E-state index in [0.717, 1.165) is 10.8 Å². The van der Waals surface area contributed by atoms with E-state index in [4.69, 9.17) is 0 Å². The van der Waals surface area contributed by atoms with Crippen LogP contribution in [-0.2, 0) is 0 Å². The molecular weight excluding hydrogens is 268 g/mol. The van der Waals surface area contributed by atoms with Crippen LogP contribution in [0.5, 0.6) is 0 Å². The van der Waals surface area contributed by atoms with Crippen LogP contribution < -0.4 is 5.56 Å². The molecule has 2 aromatic carbocycles. The molecule has 0 saturated heterocycles. The number of fused-ring (bicyclic) bond motifs is 1. The van der Waals surface area contributed by atoms with Crippen molar-refractivity contribution in [2.24, 2.45) is 0 Å². The number of benzene rings is 2. The first-order valence-corrected chi connectivity index (χ1v) is 6.39. The van der Waals surface area contributed by atoms with Gasteiger partial charge in [-0.1, -0.05) is 36.4 Å². The molecule has 5 nitrogen and oxygen atoms in total. The summed E-state index contributed by atoms with van der Waals surface area (Å²) in [5.74, 6) is -1.26. The van der Waals surface area contributed by atoms with Crippen molar-refractivity contribution >= 4 is 16.7 Å². The lowest BCUT2D eigenvalue weighted by molar-refractivity contribution is 0.0693. The van der Waals surface area contributed by atoms with E-state index in [2.05, 4.69) is 4.98 Å². The molecule has 0 fully saturated rings. The average Bonchev–Trinajstić information content (AvgIpc) is 2.47. The topological polar surface area (TPSA) is 72.2 Å². The van der Waals surface area contributed by atoms with Crippen molar-refractivity contribution in [2.45, 2.75) is 6.92 Å². The summed E-state index contributed by atoms with van der Waals surface area (Å²) in [7, 11) is 0. The highest BCUT2D eigenvalue weighted by Gasteiger charge is 2.17. The van der Waals surface area contributed by atoms with Crippen LogP contribution in [0.25, 0.3) is 16.5 Å². The highest BCUT2D eigenvalue weighted by atomic mass is 16.4. The first kappa shape index (κ1) is 13.1. The number of carboxylic acids is 1. The van der Waals surface area contributed by atoms with Crippen molar-refractivity contribution in [2.75, 3.05) is 0 Å². The zero-order valence-corrected chi connectivity index (χ0v) is 11.3. The maximum absolute atomic E-state index is 12.4. The van der Waals surface area contributed by atoms with Crippen molar-refractivity contribution < 1.29 is 9.90 Å². The lowest BCUT2D eigenvalue weighted by Crippen LogP contribution is -2.27. The fourth-order valence-corrected chi connectivity index (χ4v) is 2.37. The minimum atomic E-state index is -1.26. The van der Waals surface area contributed by atoms with Crippen LogP contribution >= 0.6 is 0 Å². The van der Waals surface area contributed by atoms with Crippen LogP contribution in [0.1, 0.15) is 16.1 Å². The van der Waals surface area contributed by atoms with E-state index in [-0.39, 0.29) is 11.3 Å². The fraction of sp³-hybridized carbons (Fsp3) is 0.0625. The van der Waals surface area contributed by atoms with Gasteiger partial charge in [0, 0.05) is 5.39 Å². The van der Waals surface area contributed by atoms with Crippen molar-refractivity contribution in [3.05, 3.63) is 70.4 Å². The van der Waals surface area contributed by atoms with Gasteiger partial charge in [-0.2, -0.15) is 0 Å². The Morgan fingerprint density at radius 3 is 2.62 bits per heavy atom. The Labute approximate surface area is 120 Å². The predicted octanol–water partition coefficient (Wildman–Crippen LogP) is 2.39. The minimum absolute atomic E-state index is 0.212.